The first-order valence-electron chi connectivity index (χ1n) is 8.10. The molecule has 114 valence electrons. The van der Waals surface area contributed by atoms with E-state index in [9.17, 15) is 0 Å². The van der Waals surface area contributed by atoms with Crippen LogP contribution in [-0.2, 0) is 13.0 Å². The number of anilines is 1. The molecule has 1 aromatic heterocycles. The van der Waals surface area contributed by atoms with E-state index in [0.29, 0.717) is 6.04 Å². The predicted octanol–water partition coefficient (Wildman–Crippen LogP) is 3.97. The van der Waals surface area contributed by atoms with Gasteiger partial charge >= 0.3 is 0 Å². The number of rotatable bonds is 9. The topological polar surface area (TPSA) is 28.2 Å². The van der Waals surface area contributed by atoms with Gasteiger partial charge in [-0.25, -0.2) is 4.98 Å². The van der Waals surface area contributed by atoms with Crippen LogP contribution in [0.4, 0.5) is 5.13 Å². The van der Waals surface area contributed by atoms with Crippen molar-refractivity contribution in [2.45, 2.75) is 77.9 Å². The Kier molecular flexibility index (Phi) is 5.85. The summed E-state index contributed by atoms with van der Waals surface area (Å²) < 4.78 is 0. The van der Waals surface area contributed by atoms with Crippen molar-refractivity contribution in [3.05, 3.63) is 10.6 Å². The van der Waals surface area contributed by atoms with E-state index in [1.54, 1.807) is 0 Å². The van der Waals surface area contributed by atoms with E-state index in [-0.39, 0.29) is 0 Å². The Labute approximate surface area is 127 Å². The predicted molar refractivity (Wildman–Crippen MR) is 88.7 cm³/mol. The minimum atomic E-state index is 0.574. The number of aryl methyl sites for hydroxylation is 1. The number of aromatic nitrogens is 1. The van der Waals surface area contributed by atoms with Crippen LogP contribution in [0.1, 0.15) is 63.4 Å². The van der Waals surface area contributed by atoms with Crippen LogP contribution < -0.4 is 10.2 Å². The summed E-state index contributed by atoms with van der Waals surface area (Å²) in [4.78, 5) is 8.71. The highest BCUT2D eigenvalue weighted by atomic mass is 32.1. The zero-order valence-corrected chi connectivity index (χ0v) is 14.2. The SMILES string of the molecule is CCCc1nc(N(C)C(C)CCC)sc1CNC1CC1. The third-order valence-electron chi connectivity index (χ3n) is 4.05. The van der Waals surface area contributed by atoms with Gasteiger partial charge in [0.2, 0.25) is 0 Å². The minimum absolute atomic E-state index is 0.574. The van der Waals surface area contributed by atoms with Crippen molar-refractivity contribution < 1.29 is 0 Å². The summed E-state index contributed by atoms with van der Waals surface area (Å²) >= 11 is 1.88. The van der Waals surface area contributed by atoms with Crippen LogP contribution >= 0.6 is 11.3 Å². The number of nitrogens with zero attached hydrogens (tertiary/aromatic N) is 2. The maximum Gasteiger partial charge on any atom is 0.185 e. The Bertz CT molecular complexity index is 412. The zero-order valence-electron chi connectivity index (χ0n) is 13.4. The molecule has 1 aromatic rings. The standard InChI is InChI=1S/C16H29N3S/c1-5-7-12(3)19(4)16-18-14(8-6-2)15(20-16)11-17-13-9-10-13/h12-13,17H,5-11H2,1-4H3. The van der Waals surface area contributed by atoms with Crippen molar-refractivity contribution in [3.63, 3.8) is 0 Å². The summed E-state index contributed by atoms with van der Waals surface area (Å²) in [7, 11) is 2.19. The Hall–Kier alpha value is -0.610. The van der Waals surface area contributed by atoms with Crippen LogP contribution in [0.2, 0.25) is 0 Å². The first-order chi connectivity index (χ1) is 9.65. The molecule has 0 amide bonds. The highest BCUT2D eigenvalue weighted by Gasteiger charge is 2.22. The van der Waals surface area contributed by atoms with E-state index in [1.165, 1.54) is 47.8 Å². The van der Waals surface area contributed by atoms with E-state index < -0.39 is 0 Å². The molecule has 0 spiro atoms. The molecule has 20 heavy (non-hydrogen) atoms. The molecule has 1 aliphatic rings. The van der Waals surface area contributed by atoms with Gasteiger partial charge in [0, 0.05) is 30.6 Å². The lowest BCUT2D eigenvalue weighted by atomic mass is 10.2. The Morgan fingerprint density at radius 1 is 1.35 bits per heavy atom. The van der Waals surface area contributed by atoms with E-state index in [4.69, 9.17) is 4.98 Å². The van der Waals surface area contributed by atoms with Crippen molar-refractivity contribution in [1.29, 1.82) is 0 Å². The molecule has 0 aromatic carbocycles. The number of nitrogens with one attached hydrogen (secondary N) is 1. The van der Waals surface area contributed by atoms with Crippen molar-refractivity contribution in [2.75, 3.05) is 11.9 Å². The van der Waals surface area contributed by atoms with E-state index in [1.807, 2.05) is 11.3 Å². The van der Waals surface area contributed by atoms with Crippen molar-refractivity contribution in [2.24, 2.45) is 0 Å². The van der Waals surface area contributed by atoms with Gasteiger partial charge < -0.3 is 10.2 Å². The van der Waals surface area contributed by atoms with Crippen LogP contribution in [0.3, 0.4) is 0 Å². The third kappa shape index (κ3) is 4.19. The lowest BCUT2D eigenvalue weighted by molar-refractivity contribution is 0.614. The molecule has 1 unspecified atom stereocenters. The van der Waals surface area contributed by atoms with Gasteiger partial charge in [-0.05, 0) is 32.6 Å². The van der Waals surface area contributed by atoms with Crippen LogP contribution in [-0.4, -0.2) is 24.1 Å². The first-order valence-corrected chi connectivity index (χ1v) is 8.92. The molecule has 1 atom stereocenters. The van der Waals surface area contributed by atoms with Crippen LogP contribution in [0.25, 0.3) is 0 Å². The normalized spacial score (nSPS) is 16.4. The molecule has 1 heterocycles. The third-order valence-corrected chi connectivity index (χ3v) is 5.24. The van der Waals surface area contributed by atoms with Crippen molar-refractivity contribution >= 4 is 16.5 Å². The molecule has 2 rings (SSSR count). The molecule has 0 bridgehead atoms. The van der Waals surface area contributed by atoms with Gasteiger partial charge in [-0.15, -0.1) is 11.3 Å². The molecule has 1 saturated carbocycles. The van der Waals surface area contributed by atoms with E-state index in [0.717, 1.165) is 19.0 Å². The Morgan fingerprint density at radius 2 is 2.10 bits per heavy atom. The lowest BCUT2D eigenvalue weighted by Gasteiger charge is -2.23. The highest BCUT2D eigenvalue weighted by molar-refractivity contribution is 7.15. The first kappa shape index (κ1) is 15.8. The fraction of sp³-hybridized carbons (Fsp3) is 0.812. The van der Waals surface area contributed by atoms with Gasteiger partial charge in [-0.2, -0.15) is 0 Å². The molecule has 0 aliphatic heterocycles. The smallest absolute Gasteiger partial charge is 0.185 e. The molecule has 4 heteroatoms. The minimum Gasteiger partial charge on any atom is -0.348 e. The second-order valence-electron chi connectivity index (χ2n) is 6.02. The zero-order chi connectivity index (χ0) is 14.5. The van der Waals surface area contributed by atoms with Crippen LogP contribution in [0.5, 0.6) is 0 Å². The average molecular weight is 295 g/mol. The maximum absolute atomic E-state index is 4.91. The molecule has 0 saturated heterocycles. The summed E-state index contributed by atoms with van der Waals surface area (Å²) in [6.07, 6.45) is 7.44. The van der Waals surface area contributed by atoms with Crippen LogP contribution in [0.15, 0.2) is 0 Å². The summed E-state index contributed by atoms with van der Waals surface area (Å²) in [6.45, 7) is 7.79. The van der Waals surface area contributed by atoms with Crippen molar-refractivity contribution in [3.8, 4) is 0 Å². The maximum atomic E-state index is 4.91. The van der Waals surface area contributed by atoms with Gasteiger partial charge in [-0.3, -0.25) is 0 Å². The summed E-state index contributed by atoms with van der Waals surface area (Å²) in [5.41, 5.74) is 1.32. The quantitative estimate of drug-likeness (QED) is 0.747. The lowest BCUT2D eigenvalue weighted by Crippen LogP contribution is -2.28. The van der Waals surface area contributed by atoms with Gasteiger partial charge in [-0.1, -0.05) is 26.7 Å². The number of hydrogen-bond donors (Lipinski definition) is 1. The Balaban J connectivity index is 2.05. The largest absolute Gasteiger partial charge is 0.348 e. The molecule has 0 radical (unpaired) electrons. The molecule has 1 aliphatic carbocycles. The highest BCUT2D eigenvalue weighted by Crippen LogP contribution is 2.29. The van der Waals surface area contributed by atoms with Gasteiger partial charge in [0.25, 0.3) is 0 Å². The van der Waals surface area contributed by atoms with E-state index in [2.05, 4.69) is 38.0 Å². The molecule has 1 N–H and O–H groups in total. The molecule has 3 nitrogen and oxygen atoms in total. The average Bonchev–Trinajstić information content (AvgIpc) is 3.18. The Morgan fingerprint density at radius 3 is 2.70 bits per heavy atom. The van der Waals surface area contributed by atoms with Gasteiger partial charge in [0.05, 0.1) is 5.69 Å². The number of hydrogen-bond acceptors (Lipinski definition) is 4. The summed E-state index contributed by atoms with van der Waals surface area (Å²) in [6, 6.07) is 1.34. The van der Waals surface area contributed by atoms with Gasteiger partial charge in [0.15, 0.2) is 5.13 Å². The second-order valence-corrected chi connectivity index (χ2v) is 7.08. The fourth-order valence-electron chi connectivity index (χ4n) is 2.42. The van der Waals surface area contributed by atoms with Gasteiger partial charge in [0.1, 0.15) is 0 Å². The second kappa shape index (κ2) is 7.41. The fourth-order valence-corrected chi connectivity index (χ4v) is 3.54. The number of thiazole rings is 1. The van der Waals surface area contributed by atoms with Crippen molar-refractivity contribution in [1.82, 2.24) is 10.3 Å². The monoisotopic (exact) mass is 295 g/mol. The van der Waals surface area contributed by atoms with E-state index >= 15 is 0 Å². The summed E-state index contributed by atoms with van der Waals surface area (Å²) in [5, 5.41) is 4.83. The van der Waals surface area contributed by atoms with Crippen LogP contribution in [0, 0.1) is 0 Å². The molecular formula is C16H29N3S. The molecular weight excluding hydrogens is 266 g/mol. The summed E-state index contributed by atoms with van der Waals surface area (Å²) in [5.74, 6) is 0. The molecule has 1 fully saturated rings.